The van der Waals surface area contributed by atoms with Crippen LogP contribution in [-0.2, 0) is 5.41 Å². The van der Waals surface area contributed by atoms with Crippen LogP contribution < -0.4 is 0 Å². The van der Waals surface area contributed by atoms with Crippen molar-refractivity contribution in [1.82, 2.24) is 15.4 Å². The summed E-state index contributed by atoms with van der Waals surface area (Å²) in [4.78, 5) is 0. The van der Waals surface area contributed by atoms with E-state index in [1.807, 2.05) is 0 Å². The summed E-state index contributed by atoms with van der Waals surface area (Å²) < 4.78 is 0. The van der Waals surface area contributed by atoms with Gasteiger partial charge in [-0.05, 0) is 12.8 Å². The first kappa shape index (κ1) is 5.85. The second kappa shape index (κ2) is 1.79. The Morgan fingerprint density at radius 1 is 1.70 bits per heavy atom. The number of aliphatic hydroxyl groups excluding tert-OH is 1. The van der Waals surface area contributed by atoms with E-state index in [1.54, 1.807) is 6.20 Å². The summed E-state index contributed by atoms with van der Waals surface area (Å²) in [7, 11) is 0. The van der Waals surface area contributed by atoms with Crippen molar-refractivity contribution < 1.29 is 5.11 Å². The third kappa shape index (κ3) is 0.654. The Balaban J connectivity index is 2.27. The van der Waals surface area contributed by atoms with E-state index in [4.69, 9.17) is 5.11 Å². The summed E-state index contributed by atoms with van der Waals surface area (Å²) >= 11 is 0. The van der Waals surface area contributed by atoms with Gasteiger partial charge in [-0.3, -0.25) is 0 Å². The van der Waals surface area contributed by atoms with Crippen molar-refractivity contribution in [3.05, 3.63) is 11.9 Å². The summed E-state index contributed by atoms with van der Waals surface area (Å²) in [5.74, 6) is 0. The largest absolute Gasteiger partial charge is 0.395 e. The molecule has 2 N–H and O–H groups in total. The molecule has 0 unspecified atom stereocenters. The molecule has 0 atom stereocenters. The zero-order valence-corrected chi connectivity index (χ0v) is 5.54. The molecule has 1 aliphatic rings. The van der Waals surface area contributed by atoms with Gasteiger partial charge < -0.3 is 5.11 Å². The number of aromatic amines is 1. The molecule has 54 valence electrons. The topological polar surface area (TPSA) is 61.8 Å². The first-order chi connectivity index (χ1) is 4.87. The van der Waals surface area contributed by atoms with Gasteiger partial charge in [-0.15, -0.1) is 0 Å². The zero-order valence-electron chi connectivity index (χ0n) is 5.54. The third-order valence-electron chi connectivity index (χ3n) is 2.11. The number of aliphatic hydroxyl groups is 1. The minimum atomic E-state index is -0.0347. The van der Waals surface area contributed by atoms with Crippen molar-refractivity contribution >= 4 is 0 Å². The van der Waals surface area contributed by atoms with Crippen molar-refractivity contribution in [2.24, 2.45) is 0 Å². The zero-order chi connectivity index (χ0) is 7.03. The van der Waals surface area contributed by atoms with Crippen LogP contribution >= 0.6 is 0 Å². The standard InChI is InChI=1S/C6H9N3O/c10-4-6(1-2-6)5-3-7-9-8-5/h3,10H,1-2,4H2,(H,7,8,9). The maximum atomic E-state index is 8.95. The summed E-state index contributed by atoms with van der Waals surface area (Å²) in [6.07, 6.45) is 3.76. The van der Waals surface area contributed by atoms with Crippen LogP contribution in [0.15, 0.2) is 6.20 Å². The highest BCUT2D eigenvalue weighted by molar-refractivity contribution is 5.20. The first-order valence-corrected chi connectivity index (χ1v) is 3.34. The Kier molecular flexibility index (Phi) is 1.05. The Labute approximate surface area is 58.3 Å². The molecule has 10 heavy (non-hydrogen) atoms. The van der Waals surface area contributed by atoms with E-state index >= 15 is 0 Å². The average Bonchev–Trinajstić information content (AvgIpc) is 2.58. The van der Waals surface area contributed by atoms with Crippen LogP contribution in [0, 0.1) is 0 Å². The van der Waals surface area contributed by atoms with Crippen LogP contribution in [-0.4, -0.2) is 27.1 Å². The monoisotopic (exact) mass is 139 g/mol. The van der Waals surface area contributed by atoms with Crippen molar-refractivity contribution in [2.75, 3.05) is 6.61 Å². The van der Waals surface area contributed by atoms with E-state index in [0.29, 0.717) is 0 Å². The average molecular weight is 139 g/mol. The van der Waals surface area contributed by atoms with Crippen molar-refractivity contribution in [1.29, 1.82) is 0 Å². The lowest BCUT2D eigenvalue weighted by atomic mass is 10.1. The number of hydrogen-bond acceptors (Lipinski definition) is 3. The normalized spacial score (nSPS) is 20.9. The molecule has 0 amide bonds. The number of rotatable bonds is 2. The maximum Gasteiger partial charge on any atom is 0.0909 e. The lowest BCUT2D eigenvalue weighted by Gasteiger charge is -2.04. The maximum absolute atomic E-state index is 8.95. The SMILES string of the molecule is OCC1(c2cn[nH]n2)CC1. The molecule has 1 aromatic rings. The minimum Gasteiger partial charge on any atom is -0.395 e. The number of H-pyrrole nitrogens is 1. The van der Waals surface area contributed by atoms with Crippen LogP contribution in [0.4, 0.5) is 0 Å². The first-order valence-electron chi connectivity index (χ1n) is 3.34. The van der Waals surface area contributed by atoms with Crippen LogP contribution in [0.3, 0.4) is 0 Å². The van der Waals surface area contributed by atoms with Crippen LogP contribution in [0.25, 0.3) is 0 Å². The van der Waals surface area contributed by atoms with Gasteiger partial charge >= 0.3 is 0 Å². The second-order valence-corrected chi connectivity index (χ2v) is 2.79. The van der Waals surface area contributed by atoms with E-state index in [9.17, 15) is 0 Å². The van der Waals surface area contributed by atoms with E-state index in [-0.39, 0.29) is 12.0 Å². The van der Waals surface area contributed by atoms with Crippen LogP contribution in [0.5, 0.6) is 0 Å². The molecule has 1 saturated carbocycles. The highest BCUT2D eigenvalue weighted by Gasteiger charge is 2.45. The van der Waals surface area contributed by atoms with E-state index < -0.39 is 0 Å². The molecule has 1 aromatic heterocycles. The van der Waals surface area contributed by atoms with Gasteiger partial charge in [-0.25, -0.2) is 0 Å². The molecule has 4 heteroatoms. The molecule has 0 aromatic carbocycles. The van der Waals surface area contributed by atoms with Gasteiger partial charge in [0, 0.05) is 5.41 Å². The number of nitrogens with one attached hydrogen (secondary N) is 1. The molecule has 0 spiro atoms. The van der Waals surface area contributed by atoms with Gasteiger partial charge in [0.1, 0.15) is 0 Å². The Morgan fingerprint density at radius 3 is 2.90 bits per heavy atom. The molecule has 0 aliphatic heterocycles. The minimum absolute atomic E-state index is 0.0347. The summed E-state index contributed by atoms with van der Waals surface area (Å²) in [6.45, 7) is 0.194. The van der Waals surface area contributed by atoms with E-state index in [0.717, 1.165) is 18.5 Å². The van der Waals surface area contributed by atoms with Gasteiger partial charge in [0.15, 0.2) is 0 Å². The number of nitrogens with zero attached hydrogens (tertiary/aromatic N) is 2. The van der Waals surface area contributed by atoms with Crippen molar-refractivity contribution in [2.45, 2.75) is 18.3 Å². The van der Waals surface area contributed by atoms with Crippen LogP contribution in [0.1, 0.15) is 18.5 Å². The second-order valence-electron chi connectivity index (χ2n) is 2.79. The summed E-state index contributed by atoms with van der Waals surface area (Å²) in [6, 6.07) is 0. The molecule has 1 heterocycles. The van der Waals surface area contributed by atoms with Crippen molar-refractivity contribution in [3.8, 4) is 0 Å². The lowest BCUT2D eigenvalue weighted by Crippen LogP contribution is -2.12. The fourth-order valence-electron chi connectivity index (χ4n) is 1.10. The molecule has 0 saturated heterocycles. The molecular weight excluding hydrogens is 130 g/mol. The fourth-order valence-corrected chi connectivity index (χ4v) is 1.10. The number of hydrogen-bond donors (Lipinski definition) is 2. The molecule has 1 aliphatic carbocycles. The highest BCUT2D eigenvalue weighted by Crippen LogP contribution is 2.46. The predicted molar refractivity (Wildman–Crippen MR) is 34.4 cm³/mol. The third-order valence-corrected chi connectivity index (χ3v) is 2.11. The smallest absolute Gasteiger partial charge is 0.0909 e. The fraction of sp³-hybridized carbons (Fsp3) is 0.667. The summed E-state index contributed by atoms with van der Waals surface area (Å²) in [5, 5.41) is 19.1. The van der Waals surface area contributed by atoms with Gasteiger partial charge in [-0.1, -0.05) is 0 Å². The van der Waals surface area contributed by atoms with Gasteiger partial charge in [0.05, 0.1) is 18.5 Å². The molecule has 4 nitrogen and oxygen atoms in total. The quantitative estimate of drug-likeness (QED) is 0.598. The van der Waals surface area contributed by atoms with Gasteiger partial charge in [0.25, 0.3) is 0 Å². The molecule has 0 radical (unpaired) electrons. The van der Waals surface area contributed by atoms with Crippen LogP contribution in [0.2, 0.25) is 0 Å². The van der Waals surface area contributed by atoms with Gasteiger partial charge in [-0.2, -0.15) is 15.4 Å². The van der Waals surface area contributed by atoms with Crippen molar-refractivity contribution in [3.63, 3.8) is 0 Å². The summed E-state index contributed by atoms with van der Waals surface area (Å²) in [5.41, 5.74) is 0.863. The Morgan fingerprint density at radius 2 is 2.50 bits per heavy atom. The molecular formula is C6H9N3O. The molecule has 1 fully saturated rings. The Hall–Kier alpha value is -0.900. The highest BCUT2D eigenvalue weighted by atomic mass is 16.3. The van der Waals surface area contributed by atoms with E-state index in [1.165, 1.54) is 0 Å². The Bertz CT molecular complexity index is 215. The molecule has 2 rings (SSSR count). The van der Waals surface area contributed by atoms with E-state index in [2.05, 4.69) is 15.4 Å². The molecule has 0 bridgehead atoms. The van der Waals surface area contributed by atoms with Gasteiger partial charge in [0.2, 0.25) is 0 Å². The predicted octanol–water partition coefficient (Wildman–Crippen LogP) is -0.171. The lowest BCUT2D eigenvalue weighted by molar-refractivity contribution is 0.252. The number of aromatic nitrogens is 3.